The lowest BCUT2D eigenvalue weighted by atomic mass is 10.1. The lowest BCUT2D eigenvalue weighted by molar-refractivity contribution is -0.112. The van der Waals surface area contributed by atoms with Crippen LogP contribution in [0.4, 0.5) is 8.78 Å². The molecular weight excluding hydrogens is 354 g/mol. The third kappa shape index (κ3) is 3.98. The molecule has 0 bridgehead atoms. The van der Waals surface area contributed by atoms with Gasteiger partial charge in [0, 0.05) is 5.56 Å². The molecule has 136 valence electrons. The highest BCUT2D eigenvalue weighted by molar-refractivity contribution is 6.07. The maximum absolute atomic E-state index is 13.6. The molecule has 0 aliphatic heterocycles. The summed E-state index contributed by atoms with van der Waals surface area (Å²) in [5.74, 6) is -2.76. The lowest BCUT2D eigenvalue weighted by Crippen LogP contribution is -2.07. The zero-order chi connectivity index (χ0) is 19.6. The lowest BCUT2D eigenvalue weighted by Gasteiger charge is -2.05. The molecular formula is C20H14F2N2O3. The van der Waals surface area contributed by atoms with E-state index in [0.29, 0.717) is 5.69 Å². The number of aromatic hydroxyl groups is 1. The number of phenolic OH excluding ortho intramolecular Hbond substituents is 1. The average Bonchev–Trinajstić information content (AvgIpc) is 3.08. The highest BCUT2D eigenvalue weighted by atomic mass is 19.2. The molecule has 0 radical (unpaired) electrons. The van der Waals surface area contributed by atoms with Crippen molar-refractivity contribution in [2.45, 2.75) is 6.92 Å². The van der Waals surface area contributed by atoms with Gasteiger partial charge in [0.05, 0.1) is 11.4 Å². The molecule has 0 saturated heterocycles. The Labute approximate surface area is 153 Å². The van der Waals surface area contributed by atoms with Crippen LogP contribution < -0.4 is 0 Å². The number of aromatic nitrogens is 2. The zero-order valence-corrected chi connectivity index (χ0v) is 14.2. The maximum atomic E-state index is 13.6. The van der Waals surface area contributed by atoms with E-state index in [1.165, 1.54) is 35.9 Å². The smallest absolute Gasteiger partial charge is 0.204 e. The molecule has 0 spiro atoms. The summed E-state index contributed by atoms with van der Waals surface area (Å²) in [6.07, 6.45) is 2.25. The van der Waals surface area contributed by atoms with Gasteiger partial charge in [0.25, 0.3) is 0 Å². The summed E-state index contributed by atoms with van der Waals surface area (Å²) in [7, 11) is 0. The predicted molar refractivity (Wildman–Crippen MR) is 94.7 cm³/mol. The first-order valence-corrected chi connectivity index (χ1v) is 7.93. The van der Waals surface area contributed by atoms with E-state index in [1.807, 2.05) is 0 Å². The van der Waals surface area contributed by atoms with Gasteiger partial charge in [0.2, 0.25) is 5.78 Å². The van der Waals surface area contributed by atoms with Crippen molar-refractivity contribution in [3.8, 4) is 22.7 Å². The fourth-order valence-corrected chi connectivity index (χ4v) is 2.42. The van der Waals surface area contributed by atoms with E-state index < -0.39 is 17.4 Å². The second kappa shape index (κ2) is 7.33. The molecule has 3 aromatic rings. The number of carbonyl (C=O) groups excluding carboxylic acids is 2. The van der Waals surface area contributed by atoms with Crippen LogP contribution >= 0.6 is 0 Å². The maximum Gasteiger partial charge on any atom is 0.204 e. The van der Waals surface area contributed by atoms with Crippen LogP contribution in [-0.4, -0.2) is 26.5 Å². The van der Waals surface area contributed by atoms with Gasteiger partial charge in [-0.3, -0.25) is 9.59 Å². The Hall–Kier alpha value is -3.61. The number of allylic oxidation sites excluding steroid dienone is 2. The van der Waals surface area contributed by atoms with Gasteiger partial charge in [0.1, 0.15) is 11.4 Å². The van der Waals surface area contributed by atoms with Crippen molar-refractivity contribution in [3.63, 3.8) is 0 Å². The number of phenols is 1. The summed E-state index contributed by atoms with van der Waals surface area (Å²) < 4.78 is 28.0. The van der Waals surface area contributed by atoms with Crippen LogP contribution in [0.3, 0.4) is 0 Å². The van der Waals surface area contributed by atoms with Crippen LogP contribution in [0.15, 0.2) is 60.7 Å². The molecule has 0 saturated carbocycles. The van der Waals surface area contributed by atoms with Crippen molar-refractivity contribution in [2.75, 3.05) is 0 Å². The van der Waals surface area contributed by atoms with Crippen LogP contribution in [0.25, 0.3) is 16.9 Å². The van der Waals surface area contributed by atoms with Crippen molar-refractivity contribution in [1.29, 1.82) is 0 Å². The first-order valence-electron chi connectivity index (χ1n) is 7.93. The van der Waals surface area contributed by atoms with Crippen molar-refractivity contribution in [3.05, 3.63) is 78.0 Å². The Balaban J connectivity index is 2.13. The first-order chi connectivity index (χ1) is 12.8. The summed E-state index contributed by atoms with van der Waals surface area (Å²) in [5.41, 5.74) is 1.14. The van der Waals surface area contributed by atoms with Gasteiger partial charge in [0.15, 0.2) is 17.4 Å². The third-order valence-electron chi connectivity index (χ3n) is 3.74. The van der Waals surface area contributed by atoms with Gasteiger partial charge in [-0.15, -0.1) is 0 Å². The van der Waals surface area contributed by atoms with Gasteiger partial charge in [-0.1, -0.05) is 0 Å². The van der Waals surface area contributed by atoms with E-state index in [-0.39, 0.29) is 28.5 Å². The van der Waals surface area contributed by atoms with Crippen molar-refractivity contribution >= 4 is 11.6 Å². The van der Waals surface area contributed by atoms with Crippen LogP contribution in [0.2, 0.25) is 0 Å². The summed E-state index contributed by atoms with van der Waals surface area (Å²) in [4.78, 5) is 23.6. The molecule has 1 N–H and O–H groups in total. The van der Waals surface area contributed by atoms with E-state index in [9.17, 15) is 23.5 Å². The van der Waals surface area contributed by atoms with E-state index in [4.69, 9.17) is 0 Å². The monoisotopic (exact) mass is 368 g/mol. The molecule has 0 aliphatic rings. The fourth-order valence-electron chi connectivity index (χ4n) is 2.42. The van der Waals surface area contributed by atoms with E-state index in [0.717, 1.165) is 24.3 Å². The Morgan fingerprint density at radius 3 is 2.33 bits per heavy atom. The predicted octanol–water partition coefficient (Wildman–Crippen LogP) is 3.85. The Morgan fingerprint density at radius 1 is 1.00 bits per heavy atom. The highest BCUT2D eigenvalue weighted by Crippen LogP contribution is 2.24. The number of halogens is 2. The van der Waals surface area contributed by atoms with E-state index >= 15 is 0 Å². The molecule has 0 aliphatic carbocycles. The Bertz CT molecular complexity index is 1050. The van der Waals surface area contributed by atoms with Gasteiger partial charge in [-0.05, 0) is 67.6 Å². The average molecular weight is 368 g/mol. The number of nitrogens with zero attached hydrogens (tertiary/aromatic N) is 2. The molecule has 0 amide bonds. The summed E-state index contributed by atoms with van der Waals surface area (Å²) >= 11 is 0. The second-order valence-electron chi connectivity index (χ2n) is 5.78. The topological polar surface area (TPSA) is 72.2 Å². The van der Waals surface area contributed by atoms with Gasteiger partial charge in [-0.25, -0.2) is 13.5 Å². The quantitative estimate of drug-likeness (QED) is 0.548. The molecule has 3 rings (SSSR count). The molecule has 27 heavy (non-hydrogen) atoms. The summed E-state index contributed by atoms with van der Waals surface area (Å²) in [5, 5.41) is 13.8. The number of carbonyl (C=O) groups is 2. The molecule has 7 heteroatoms. The van der Waals surface area contributed by atoms with Crippen molar-refractivity contribution in [1.82, 2.24) is 9.78 Å². The van der Waals surface area contributed by atoms with Gasteiger partial charge >= 0.3 is 0 Å². The molecule has 1 heterocycles. The molecule has 0 atom stereocenters. The molecule has 0 fully saturated rings. The van der Waals surface area contributed by atoms with Crippen LogP contribution in [0.1, 0.15) is 17.4 Å². The largest absolute Gasteiger partial charge is 0.508 e. The van der Waals surface area contributed by atoms with E-state index in [2.05, 4.69) is 5.10 Å². The standard InChI is InChI=1S/C20H14F2N2O3/c1-12(25)2-9-20(27)19-11-18(13-3-8-16(21)17(22)10-13)23-24(19)14-4-6-15(26)7-5-14/h2-11,26H,1H3/b9-2-. The van der Waals surface area contributed by atoms with Crippen LogP contribution in [0.5, 0.6) is 5.75 Å². The summed E-state index contributed by atoms with van der Waals surface area (Å²) in [6.45, 7) is 1.31. The van der Waals surface area contributed by atoms with Crippen LogP contribution in [-0.2, 0) is 4.79 Å². The number of ketones is 2. The number of benzene rings is 2. The number of hydrogen-bond acceptors (Lipinski definition) is 4. The van der Waals surface area contributed by atoms with Crippen molar-refractivity contribution in [2.24, 2.45) is 0 Å². The molecule has 2 aromatic carbocycles. The second-order valence-corrected chi connectivity index (χ2v) is 5.78. The molecule has 1 aromatic heterocycles. The van der Waals surface area contributed by atoms with Crippen molar-refractivity contribution < 1.29 is 23.5 Å². The summed E-state index contributed by atoms with van der Waals surface area (Å²) in [6, 6.07) is 10.7. The Kier molecular flexibility index (Phi) is 4.94. The number of rotatable bonds is 5. The minimum atomic E-state index is -1.03. The zero-order valence-electron chi connectivity index (χ0n) is 14.2. The minimum Gasteiger partial charge on any atom is -0.508 e. The third-order valence-corrected chi connectivity index (χ3v) is 3.74. The number of hydrogen-bond donors (Lipinski definition) is 1. The first kappa shape index (κ1) is 18.2. The molecule has 5 nitrogen and oxygen atoms in total. The molecule has 0 unspecified atom stereocenters. The Morgan fingerprint density at radius 2 is 1.70 bits per heavy atom. The minimum absolute atomic E-state index is 0.0380. The fraction of sp³-hybridized carbons (Fsp3) is 0.0500. The van der Waals surface area contributed by atoms with E-state index in [1.54, 1.807) is 12.1 Å². The normalized spacial score (nSPS) is 11.1. The van der Waals surface area contributed by atoms with Crippen LogP contribution in [0, 0.1) is 11.6 Å². The van der Waals surface area contributed by atoms with Gasteiger partial charge < -0.3 is 5.11 Å². The highest BCUT2D eigenvalue weighted by Gasteiger charge is 2.17. The van der Waals surface area contributed by atoms with Gasteiger partial charge in [-0.2, -0.15) is 5.10 Å². The SMILES string of the molecule is CC(=O)/C=C\C(=O)c1cc(-c2ccc(F)c(F)c2)nn1-c1ccc(O)cc1.